The Kier molecular flexibility index (Phi) is 4.78. The number of hydrogen-bond donors (Lipinski definition) is 1. The van der Waals surface area contributed by atoms with Gasteiger partial charge < -0.3 is 9.84 Å². The number of benzene rings is 1. The van der Waals surface area contributed by atoms with Gasteiger partial charge in [-0.1, -0.05) is 49.1 Å². The van der Waals surface area contributed by atoms with E-state index in [0.717, 1.165) is 5.76 Å². The summed E-state index contributed by atoms with van der Waals surface area (Å²) in [5.41, 5.74) is 0.602. The van der Waals surface area contributed by atoms with Crippen molar-refractivity contribution in [3.05, 3.63) is 52.1 Å². The summed E-state index contributed by atoms with van der Waals surface area (Å²) in [6, 6.07) is 7.02. The van der Waals surface area contributed by atoms with Gasteiger partial charge >= 0.3 is 0 Å². The third-order valence-electron chi connectivity index (χ3n) is 3.35. The molecule has 0 saturated carbocycles. The Labute approximate surface area is 154 Å². The lowest BCUT2D eigenvalue weighted by Gasteiger charge is -2.11. The molecule has 3 rings (SSSR count). The second-order valence-corrected chi connectivity index (χ2v) is 7.17. The first-order valence-electron chi connectivity index (χ1n) is 7.49. The van der Waals surface area contributed by atoms with Crippen LogP contribution in [0.1, 0.15) is 32.4 Å². The Morgan fingerprint density at radius 3 is 2.64 bits per heavy atom. The second-order valence-electron chi connectivity index (χ2n) is 6.35. The number of anilines is 1. The molecule has 0 saturated heterocycles. The molecule has 0 radical (unpaired) electrons. The zero-order valence-corrected chi connectivity index (χ0v) is 15.4. The minimum atomic E-state index is -0.103. The molecular weight excluding hydrogens is 363 g/mol. The molecule has 7 nitrogen and oxygen atoms in total. The van der Waals surface area contributed by atoms with Crippen molar-refractivity contribution < 1.29 is 4.52 Å². The summed E-state index contributed by atoms with van der Waals surface area (Å²) in [6.45, 7) is 6.16. The lowest BCUT2D eigenvalue weighted by atomic mass is 9.93. The van der Waals surface area contributed by atoms with Gasteiger partial charge in [-0.2, -0.15) is 4.68 Å². The zero-order valence-electron chi connectivity index (χ0n) is 13.9. The van der Waals surface area contributed by atoms with E-state index in [4.69, 9.17) is 27.7 Å². The van der Waals surface area contributed by atoms with Crippen LogP contribution in [0.15, 0.2) is 35.0 Å². The lowest BCUT2D eigenvalue weighted by molar-refractivity contribution is 0.331. The topological polar surface area (TPSA) is 81.7 Å². The molecule has 0 unspecified atom stereocenters. The molecule has 1 aromatic carbocycles. The largest absolute Gasteiger partial charge is 0.359 e. The van der Waals surface area contributed by atoms with Crippen LogP contribution in [0.3, 0.4) is 0 Å². The maximum absolute atomic E-state index is 6.04. The lowest BCUT2D eigenvalue weighted by Crippen LogP contribution is -2.09. The summed E-state index contributed by atoms with van der Waals surface area (Å²) in [6.07, 6.45) is 3.40. The molecule has 0 amide bonds. The van der Waals surface area contributed by atoms with Gasteiger partial charge in [0.15, 0.2) is 11.6 Å². The van der Waals surface area contributed by atoms with Gasteiger partial charge in [0, 0.05) is 23.8 Å². The Morgan fingerprint density at radius 2 is 1.96 bits per heavy atom. The molecule has 0 aliphatic carbocycles. The van der Waals surface area contributed by atoms with Crippen LogP contribution in [0, 0.1) is 0 Å². The van der Waals surface area contributed by atoms with E-state index < -0.39 is 0 Å². The van der Waals surface area contributed by atoms with Crippen LogP contribution in [0.25, 0.3) is 11.8 Å². The molecule has 130 valence electrons. The molecule has 0 spiro atoms. The van der Waals surface area contributed by atoms with Gasteiger partial charge in [-0.25, -0.2) is 0 Å². The van der Waals surface area contributed by atoms with Gasteiger partial charge in [0.1, 0.15) is 5.76 Å². The Morgan fingerprint density at radius 1 is 1.16 bits per heavy atom. The third kappa shape index (κ3) is 4.00. The zero-order chi connectivity index (χ0) is 18.0. The van der Waals surface area contributed by atoms with Crippen LogP contribution < -0.4 is 5.32 Å². The number of nitrogens with zero attached hydrogens (tertiary/aromatic N) is 5. The second kappa shape index (κ2) is 6.85. The highest BCUT2D eigenvalue weighted by atomic mass is 35.5. The summed E-state index contributed by atoms with van der Waals surface area (Å²) in [4.78, 5) is 0. The first-order valence-corrected chi connectivity index (χ1v) is 8.24. The molecule has 2 heterocycles. The highest BCUT2D eigenvalue weighted by molar-refractivity contribution is 6.42. The van der Waals surface area contributed by atoms with Crippen molar-refractivity contribution >= 4 is 35.1 Å². The average molecular weight is 379 g/mol. The highest BCUT2D eigenvalue weighted by Gasteiger charge is 2.19. The van der Waals surface area contributed by atoms with Crippen molar-refractivity contribution in [1.29, 1.82) is 0 Å². The molecule has 0 atom stereocenters. The Hall–Kier alpha value is -2.38. The van der Waals surface area contributed by atoms with Crippen molar-refractivity contribution in [2.24, 2.45) is 0 Å². The molecule has 0 bridgehead atoms. The monoisotopic (exact) mass is 378 g/mol. The van der Waals surface area contributed by atoms with Crippen molar-refractivity contribution in [1.82, 2.24) is 25.4 Å². The molecule has 2 aromatic heterocycles. The third-order valence-corrected chi connectivity index (χ3v) is 4.09. The standard InChI is InChI=1S/C16H16Cl2N6O/c1-16(2,3)13-9-14(21-25-13)19-7-6-15-20-22-23-24(15)10-4-5-11(17)12(18)8-10/h4-9H,1-3H3,(H,19,21)/b7-6-. The minimum absolute atomic E-state index is 0.103. The summed E-state index contributed by atoms with van der Waals surface area (Å²) < 4.78 is 6.86. The maximum atomic E-state index is 6.04. The summed E-state index contributed by atoms with van der Waals surface area (Å²) >= 11 is 12.0. The minimum Gasteiger partial charge on any atom is -0.359 e. The van der Waals surface area contributed by atoms with E-state index >= 15 is 0 Å². The van der Waals surface area contributed by atoms with Crippen LogP contribution in [-0.2, 0) is 5.41 Å². The summed E-state index contributed by atoms with van der Waals surface area (Å²) in [7, 11) is 0. The number of hydrogen-bond acceptors (Lipinski definition) is 6. The van der Waals surface area contributed by atoms with Crippen molar-refractivity contribution in [3.8, 4) is 5.69 Å². The fraction of sp³-hybridized carbons (Fsp3) is 0.250. The van der Waals surface area contributed by atoms with Gasteiger partial charge in [-0.15, -0.1) is 5.10 Å². The van der Waals surface area contributed by atoms with Crippen LogP contribution in [0.2, 0.25) is 10.0 Å². The molecule has 3 aromatic rings. The van der Waals surface area contributed by atoms with Crippen LogP contribution in [0.5, 0.6) is 0 Å². The van der Waals surface area contributed by atoms with Gasteiger partial charge in [0.25, 0.3) is 0 Å². The SMILES string of the molecule is CC(C)(C)c1cc(N/C=C\c2nnnn2-c2ccc(Cl)c(Cl)c2)no1. The van der Waals surface area contributed by atoms with E-state index in [1.807, 2.05) is 6.07 Å². The summed E-state index contributed by atoms with van der Waals surface area (Å²) in [5.74, 6) is 1.92. The fourth-order valence-corrected chi connectivity index (χ4v) is 2.29. The summed E-state index contributed by atoms with van der Waals surface area (Å²) in [5, 5.41) is 19.5. The molecule has 9 heteroatoms. The van der Waals surface area contributed by atoms with Gasteiger partial charge in [0.05, 0.1) is 15.7 Å². The molecule has 1 N–H and O–H groups in total. The number of tetrazole rings is 1. The van der Waals surface area contributed by atoms with Crippen LogP contribution >= 0.6 is 23.2 Å². The molecule has 0 aliphatic rings. The van der Waals surface area contributed by atoms with Crippen molar-refractivity contribution in [3.63, 3.8) is 0 Å². The first-order chi connectivity index (χ1) is 11.8. The molecule has 0 fully saturated rings. The van der Waals surface area contributed by atoms with E-state index in [1.165, 1.54) is 0 Å². The highest BCUT2D eigenvalue weighted by Crippen LogP contribution is 2.25. The number of nitrogens with one attached hydrogen (secondary N) is 1. The maximum Gasteiger partial charge on any atom is 0.181 e. The van der Waals surface area contributed by atoms with E-state index in [2.05, 4.69) is 46.8 Å². The van der Waals surface area contributed by atoms with E-state index in [9.17, 15) is 0 Å². The van der Waals surface area contributed by atoms with Crippen LogP contribution in [0.4, 0.5) is 5.82 Å². The Bertz CT molecular complexity index is 909. The van der Waals surface area contributed by atoms with Gasteiger partial charge in [-0.05, 0) is 28.6 Å². The molecule has 25 heavy (non-hydrogen) atoms. The molecular formula is C16H16Cl2N6O. The average Bonchev–Trinajstić information content (AvgIpc) is 3.19. The quantitative estimate of drug-likeness (QED) is 0.726. The number of aromatic nitrogens is 5. The predicted octanol–water partition coefficient (Wildman–Crippen LogP) is 4.34. The Balaban J connectivity index is 1.76. The van der Waals surface area contributed by atoms with Crippen molar-refractivity contribution in [2.75, 3.05) is 5.32 Å². The van der Waals surface area contributed by atoms with Crippen molar-refractivity contribution in [2.45, 2.75) is 26.2 Å². The molecule has 0 aliphatic heterocycles. The first kappa shape index (κ1) is 17.4. The van der Waals surface area contributed by atoms with Crippen LogP contribution in [-0.4, -0.2) is 25.4 Å². The smallest absolute Gasteiger partial charge is 0.181 e. The fourth-order valence-electron chi connectivity index (χ4n) is 2.00. The van der Waals surface area contributed by atoms with Gasteiger partial charge in [0.2, 0.25) is 0 Å². The van der Waals surface area contributed by atoms with E-state index in [0.29, 0.717) is 27.4 Å². The van der Waals surface area contributed by atoms with E-state index in [1.54, 1.807) is 35.2 Å². The number of rotatable bonds is 4. The predicted molar refractivity (Wildman–Crippen MR) is 97.0 cm³/mol. The number of halogens is 2. The normalized spacial score (nSPS) is 12.0. The van der Waals surface area contributed by atoms with Gasteiger partial charge in [-0.3, -0.25) is 0 Å². The van der Waals surface area contributed by atoms with E-state index in [-0.39, 0.29) is 5.41 Å².